The van der Waals surface area contributed by atoms with Crippen LogP contribution in [0.2, 0.25) is 0 Å². The maximum absolute atomic E-state index is 10.9. The van der Waals surface area contributed by atoms with Crippen LogP contribution in [0.15, 0.2) is 11.4 Å². The number of carbonyl (C=O) groups excluding carboxylic acids is 1. The third kappa shape index (κ3) is 3.19. The Bertz CT molecular complexity index is 280. The fourth-order valence-corrected chi connectivity index (χ4v) is 2.15. The topological polar surface area (TPSA) is 29.1 Å². The number of thiophene rings is 1. The van der Waals surface area contributed by atoms with Crippen molar-refractivity contribution in [2.75, 3.05) is 7.05 Å². The molecular formula is C10H15NOS. The highest BCUT2D eigenvalue weighted by molar-refractivity contribution is 7.10. The Hall–Kier alpha value is -0.830. The first-order valence-corrected chi connectivity index (χ1v) is 5.35. The molecule has 1 N–H and O–H groups in total. The van der Waals surface area contributed by atoms with Gasteiger partial charge in [-0.25, -0.2) is 0 Å². The molecule has 0 bridgehead atoms. The molecule has 13 heavy (non-hydrogen) atoms. The van der Waals surface area contributed by atoms with Gasteiger partial charge in [0.1, 0.15) is 0 Å². The van der Waals surface area contributed by atoms with Gasteiger partial charge < -0.3 is 5.32 Å². The van der Waals surface area contributed by atoms with Gasteiger partial charge in [-0.15, -0.1) is 11.3 Å². The first-order valence-electron chi connectivity index (χ1n) is 4.47. The van der Waals surface area contributed by atoms with Crippen LogP contribution in [0.3, 0.4) is 0 Å². The fourth-order valence-electron chi connectivity index (χ4n) is 1.19. The molecule has 0 saturated heterocycles. The second-order valence-electron chi connectivity index (χ2n) is 3.05. The van der Waals surface area contributed by atoms with Gasteiger partial charge in [-0.2, -0.15) is 0 Å². The number of aryl methyl sites for hydroxylation is 2. The number of hydrogen-bond donors (Lipinski definition) is 1. The van der Waals surface area contributed by atoms with E-state index in [2.05, 4.69) is 23.7 Å². The van der Waals surface area contributed by atoms with Gasteiger partial charge in [-0.1, -0.05) is 0 Å². The molecule has 0 unspecified atom stereocenters. The third-order valence-corrected chi connectivity index (χ3v) is 3.14. The van der Waals surface area contributed by atoms with Crippen molar-refractivity contribution in [3.05, 3.63) is 21.9 Å². The molecule has 0 aliphatic carbocycles. The lowest BCUT2D eigenvalue weighted by Gasteiger charge is -1.99. The summed E-state index contributed by atoms with van der Waals surface area (Å²) in [5.74, 6) is 0.134. The van der Waals surface area contributed by atoms with E-state index < -0.39 is 0 Å². The van der Waals surface area contributed by atoms with Crippen LogP contribution in [0.4, 0.5) is 0 Å². The largest absolute Gasteiger partial charge is 0.359 e. The van der Waals surface area contributed by atoms with E-state index in [9.17, 15) is 4.79 Å². The monoisotopic (exact) mass is 197 g/mol. The first-order chi connectivity index (χ1) is 6.24. The van der Waals surface area contributed by atoms with Gasteiger partial charge in [0.15, 0.2) is 0 Å². The number of amides is 1. The van der Waals surface area contributed by atoms with Crippen molar-refractivity contribution < 1.29 is 4.79 Å². The van der Waals surface area contributed by atoms with Gasteiger partial charge >= 0.3 is 0 Å². The van der Waals surface area contributed by atoms with Crippen molar-refractivity contribution >= 4 is 17.2 Å². The highest BCUT2D eigenvalue weighted by Crippen LogP contribution is 2.17. The van der Waals surface area contributed by atoms with Gasteiger partial charge in [-0.05, 0) is 36.8 Å². The quantitative estimate of drug-likeness (QED) is 0.787. The van der Waals surface area contributed by atoms with E-state index in [1.807, 2.05) is 0 Å². The maximum atomic E-state index is 10.9. The minimum Gasteiger partial charge on any atom is -0.359 e. The zero-order valence-corrected chi connectivity index (χ0v) is 8.91. The molecule has 1 rings (SSSR count). The smallest absolute Gasteiger partial charge is 0.219 e. The number of rotatable bonds is 4. The summed E-state index contributed by atoms with van der Waals surface area (Å²) in [5.41, 5.74) is 1.35. The molecule has 0 spiro atoms. The normalized spacial score (nSPS) is 10.0. The molecule has 0 aromatic carbocycles. The highest BCUT2D eigenvalue weighted by Gasteiger charge is 2.01. The van der Waals surface area contributed by atoms with E-state index >= 15 is 0 Å². The minimum atomic E-state index is 0.134. The average Bonchev–Trinajstić information content (AvgIpc) is 2.52. The lowest BCUT2D eigenvalue weighted by Crippen LogP contribution is -2.17. The molecule has 1 heterocycles. The molecule has 72 valence electrons. The summed E-state index contributed by atoms with van der Waals surface area (Å²) >= 11 is 1.78. The lowest BCUT2D eigenvalue weighted by molar-refractivity contribution is -0.120. The Morgan fingerprint density at radius 2 is 2.38 bits per heavy atom. The third-order valence-electron chi connectivity index (χ3n) is 2.05. The van der Waals surface area contributed by atoms with E-state index in [0.29, 0.717) is 6.42 Å². The summed E-state index contributed by atoms with van der Waals surface area (Å²) < 4.78 is 0. The van der Waals surface area contributed by atoms with E-state index in [0.717, 1.165) is 12.8 Å². The lowest BCUT2D eigenvalue weighted by atomic mass is 10.1. The second-order valence-corrected chi connectivity index (χ2v) is 4.05. The molecule has 0 fully saturated rings. The summed E-state index contributed by atoms with van der Waals surface area (Å²) in [5, 5.41) is 4.73. The van der Waals surface area contributed by atoms with Crippen molar-refractivity contribution in [2.24, 2.45) is 0 Å². The van der Waals surface area contributed by atoms with E-state index in [-0.39, 0.29) is 5.91 Å². The molecular weight excluding hydrogens is 182 g/mol. The Morgan fingerprint density at radius 3 is 2.92 bits per heavy atom. The molecule has 0 atom stereocenters. The van der Waals surface area contributed by atoms with Crippen LogP contribution in [-0.2, 0) is 11.2 Å². The predicted octanol–water partition coefficient (Wildman–Crippen LogP) is 2.13. The van der Waals surface area contributed by atoms with Crippen LogP contribution in [0.25, 0.3) is 0 Å². The zero-order valence-electron chi connectivity index (χ0n) is 8.09. The molecule has 0 aliphatic heterocycles. The highest BCUT2D eigenvalue weighted by atomic mass is 32.1. The van der Waals surface area contributed by atoms with E-state index in [1.165, 1.54) is 10.4 Å². The molecule has 2 nitrogen and oxygen atoms in total. The van der Waals surface area contributed by atoms with Gasteiger partial charge in [-0.3, -0.25) is 4.79 Å². The number of nitrogens with one attached hydrogen (secondary N) is 1. The van der Waals surface area contributed by atoms with Crippen molar-refractivity contribution in [1.29, 1.82) is 0 Å². The SMILES string of the molecule is CNC(=O)CCCc1sccc1C. The maximum Gasteiger partial charge on any atom is 0.219 e. The van der Waals surface area contributed by atoms with Crippen molar-refractivity contribution in [2.45, 2.75) is 26.2 Å². The zero-order chi connectivity index (χ0) is 9.68. The summed E-state index contributed by atoms with van der Waals surface area (Å²) in [6.45, 7) is 2.12. The van der Waals surface area contributed by atoms with Crippen LogP contribution in [0.5, 0.6) is 0 Å². The van der Waals surface area contributed by atoms with Crippen molar-refractivity contribution in [3.63, 3.8) is 0 Å². The van der Waals surface area contributed by atoms with Gasteiger partial charge in [0.05, 0.1) is 0 Å². The van der Waals surface area contributed by atoms with Crippen LogP contribution >= 0.6 is 11.3 Å². The number of carbonyl (C=O) groups is 1. The standard InChI is InChI=1S/C10H15NOS/c1-8-6-7-13-9(8)4-3-5-10(12)11-2/h6-7H,3-5H2,1-2H3,(H,11,12). The van der Waals surface area contributed by atoms with Crippen molar-refractivity contribution in [1.82, 2.24) is 5.32 Å². The fraction of sp³-hybridized carbons (Fsp3) is 0.500. The molecule has 0 radical (unpaired) electrons. The summed E-state index contributed by atoms with van der Waals surface area (Å²) in [4.78, 5) is 12.3. The first kappa shape index (κ1) is 10.3. The van der Waals surface area contributed by atoms with E-state index in [1.54, 1.807) is 18.4 Å². The Kier molecular flexibility index (Phi) is 3.96. The van der Waals surface area contributed by atoms with Gasteiger partial charge in [0, 0.05) is 18.3 Å². The van der Waals surface area contributed by atoms with Crippen LogP contribution in [0.1, 0.15) is 23.3 Å². The average molecular weight is 197 g/mol. The predicted molar refractivity (Wildman–Crippen MR) is 56.1 cm³/mol. The van der Waals surface area contributed by atoms with Gasteiger partial charge in [0.25, 0.3) is 0 Å². The minimum absolute atomic E-state index is 0.134. The van der Waals surface area contributed by atoms with Gasteiger partial charge in [0.2, 0.25) is 5.91 Å². The van der Waals surface area contributed by atoms with Crippen LogP contribution < -0.4 is 5.32 Å². The molecule has 0 aliphatic rings. The molecule has 1 amide bonds. The second kappa shape index (κ2) is 5.02. The van der Waals surface area contributed by atoms with Crippen LogP contribution in [-0.4, -0.2) is 13.0 Å². The Balaban J connectivity index is 2.28. The molecule has 3 heteroatoms. The summed E-state index contributed by atoms with van der Waals surface area (Å²) in [7, 11) is 1.68. The Morgan fingerprint density at radius 1 is 1.62 bits per heavy atom. The summed E-state index contributed by atoms with van der Waals surface area (Å²) in [6.07, 6.45) is 2.60. The summed E-state index contributed by atoms with van der Waals surface area (Å²) in [6, 6.07) is 2.12. The molecule has 0 saturated carbocycles. The van der Waals surface area contributed by atoms with Crippen molar-refractivity contribution in [3.8, 4) is 0 Å². The Labute approximate surface area is 83.0 Å². The van der Waals surface area contributed by atoms with Crippen LogP contribution in [0, 0.1) is 6.92 Å². The molecule has 1 aromatic rings. The number of hydrogen-bond acceptors (Lipinski definition) is 2. The van der Waals surface area contributed by atoms with E-state index in [4.69, 9.17) is 0 Å². The molecule has 1 aromatic heterocycles.